The van der Waals surface area contributed by atoms with Crippen molar-refractivity contribution in [2.24, 2.45) is 11.8 Å². The summed E-state index contributed by atoms with van der Waals surface area (Å²) in [6.45, 7) is 6.72. The SMILES string of the molecule is CC(C)NC(=O)C1CCC(C(=O)N2CCC3(CC2)OCCO3)CC1. The third kappa shape index (κ3) is 3.91. The van der Waals surface area contributed by atoms with Crippen LogP contribution in [-0.2, 0) is 19.1 Å². The van der Waals surface area contributed by atoms with Gasteiger partial charge in [0.1, 0.15) is 0 Å². The molecule has 136 valence electrons. The van der Waals surface area contributed by atoms with Crippen LogP contribution in [0, 0.1) is 11.8 Å². The van der Waals surface area contributed by atoms with Crippen LogP contribution in [0.1, 0.15) is 52.4 Å². The van der Waals surface area contributed by atoms with Gasteiger partial charge in [-0.3, -0.25) is 9.59 Å². The van der Waals surface area contributed by atoms with Gasteiger partial charge in [-0.05, 0) is 39.5 Å². The molecule has 6 nitrogen and oxygen atoms in total. The Hall–Kier alpha value is -1.14. The first-order valence-corrected chi connectivity index (χ1v) is 9.36. The molecule has 24 heavy (non-hydrogen) atoms. The maximum Gasteiger partial charge on any atom is 0.225 e. The summed E-state index contributed by atoms with van der Waals surface area (Å²) in [7, 11) is 0. The lowest BCUT2D eigenvalue weighted by molar-refractivity contribution is -0.188. The van der Waals surface area contributed by atoms with Crippen LogP contribution in [-0.4, -0.2) is 54.8 Å². The molecule has 1 saturated carbocycles. The van der Waals surface area contributed by atoms with Gasteiger partial charge in [0.05, 0.1) is 13.2 Å². The molecule has 3 fully saturated rings. The zero-order valence-corrected chi connectivity index (χ0v) is 14.9. The summed E-state index contributed by atoms with van der Waals surface area (Å²) >= 11 is 0. The molecule has 2 aliphatic heterocycles. The second kappa shape index (κ2) is 7.40. The predicted molar refractivity (Wildman–Crippen MR) is 89.2 cm³/mol. The molecule has 0 atom stereocenters. The van der Waals surface area contributed by atoms with Crippen LogP contribution in [0.2, 0.25) is 0 Å². The van der Waals surface area contributed by atoms with Crippen LogP contribution in [0.4, 0.5) is 0 Å². The van der Waals surface area contributed by atoms with Crippen molar-refractivity contribution in [2.45, 2.75) is 64.2 Å². The van der Waals surface area contributed by atoms with Crippen molar-refractivity contribution in [3.8, 4) is 0 Å². The Labute approximate surface area is 144 Å². The number of nitrogens with zero attached hydrogens (tertiary/aromatic N) is 1. The first-order valence-electron chi connectivity index (χ1n) is 9.36. The number of amides is 2. The number of nitrogens with one attached hydrogen (secondary N) is 1. The molecule has 0 aromatic rings. The number of rotatable bonds is 3. The summed E-state index contributed by atoms with van der Waals surface area (Å²) in [5, 5.41) is 2.99. The van der Waals surface area contributed by atoms with Gasteiger partial charge in [-0.1, -0.05) is 0 Å². The number of ether oxygens (including phenoxy) is 2. The van der Waals surface area contributed by atoms with E-state index in [1.54, 1.807) is 0 Å². The Morgan fingerprint density at radius 1 is 1.00 bits per heavy atom. The lowest BCUT2D eigenvalue weighted by atomic mass is 9.80. The van der Waals surface area contributed by atoms with Crippen LogP contribution < -0.4 is 5.32 Å². The quantitative estimate of drug-likeness (QED) is 0.850. The van der Waals surface area contributed by atoms with Crippen LogP contribution >= 0.6 is 0 Å². The van der Waals surface area contributed by atoms with E-state index in [2.05, 4.69) is 5.32 Å². The van der Waals surface area contributed by atoms with E-state index >= 15 is 0 Å². The zero-order valence-electron chi connectivity index (χ0n) is 14.9. The first kappa shape index (κ1) is 17.7. The van der Waals surface area contributed by atoms with Gasteiger partial charge in [-0.25, -0.2) is 0 Å². The fourth-order valence-electron chi connectivity index (χ4n) is 4.12. The van der Waals surface area contributed by atoms with E-state index in [-0.39, 0.29) is 29.7 Å². The zero-order chi connectivity index (χ0) is 17.2. The molecule has 2 heterocycles. The monoisotopic (exact) mass is 338 g/mol. The fourth-order valence-corrected chi connectivity index (χ4v) is 4.12. The molecule has 0 aromatic carbocycles. The molecule has 0 aromatic heterocycles. The average Bonchev–Trinajstić information content (AvgIpc) is 3.02. The average molecular weight is 338 g/mol. The van der Waals surface area contributed by atoms with Gasteiger partial charge in [-0.2, -0.15) is 0 Å². The van der Waals surface area contributed by atoms with E-state index in [1.807, 2.05) is 18.7 Å². The minimum atomic E-state index is -0.427. The predicted octanol–water partition coefficient (Wildman–Crippen LogP) is 1.68. The fraction of sp³-hybridized carbons (Fsp3) is 0.889. The highest BCUT2D eigenvalue weighted by molar-refractivity contribution is 5.81. The van der Waals surface area contributed by atoms with Gasteiger partial charge in [0.2, 0.25) is 11.8 Å². The molecule has 2 amide bonds. The number of carbonyl (C=O) groups excluding carboxylic acids is 2. The molecule has 3 aliphatic rings. The highest BCUT2D eigenvalue weighted by Crippen LogP contribution is 2.34. The third-order valence-electron chi connectivity index (χ3n) is 5.53. The standard InChI is InChI=1S/C18H30N2O4/c1-13(2)19-16(21)14-3-5-15(6-4-14)17(22)20-9-7-18(8-10-20)23-11-12-24-18/h13-15H,3-12H2,1-2H3,(H,19,21). The summed E-state index contributed by atoms with van der Waals surface area (Å²) in [6, 6.07) is 0.178. The molecule has 0 unspecified atom stereocenters. The minimum Gasteiger partial charge on any atom is -0.354 e. The first-order chi connectivity index (χ1) is 11.5. The summed E-state index contributed by atoms with van der Waals surface area (Å²) in [5.41, 5.74) is 0. The van der Waals surface area contributed by atoms with Crippen molar-refractivity contribution in [1.29, 1.82) is 0 Å². The van der Waals surface area contributed by atoms with E-state index in [4.69, 9.17) is 9.47 Å². The Balaban J connectivity index is 1.45. The topological polar surface area (TPSA) is 67.9 Å². The lowest BCUT2D eigenvalue weighted by Gasteiger charge is -2.39. The number of hydrogen-bond donors (Lipinski definition) is 1. The van der Waals surface area contributed by atoms with Crippen LogP contribution in [0.15, 0.2) is 0 Å². The van der Waals surface area contributed by atoms with Gasteiger partial charge in [0, 0.05) is 43.8 Å². The molecule has 0 radical (unpaired) electrons. The molecule has 1 spiro atoms. The Kier molecular flexibility index (Phi) is 5.45. The Morgan fingerprint density at radius 2 is 1.54 bits per heavy atom. The summed E-state index contributed by atoms with van der Waals surface area (Å²) < 4.78 is 11.4. The maximum atomic E-state index is 12.8. The van der Waals surface area contributed by atoms with Gasteiger partial charge < -0.3 is 19.7 Å². The smallest absolute Gasteiger partial charge is 0.225 e. The van der Waals surface area contributed by atoms with E-state index in [0.717, 1.165) is 38.5 Å². The molecule has 0 bridgehead atoms. The Bertz CT molecular complexity index is 456. The van der Waals surface area contributed by atoms with Crippen LogP contribution in [0.5, 0.6) is 0 Å². The summed E-state index contributed by atoms with van der Waals surface area (Å²) in [4.78, 5) is 26.8. The largest absolute Gasteiger partial charge is 0.354 e. The van der Waals surface area contributed by atoms with Crippen LogP contribution in [0.3, 0.4) is 0 Å². The molecule has 6 heteroatoms. The van der Waals surface area contributed by atoms with Gasteiger partial charge in [-0.15, -0.1) is 0 Å². The van der Waals surface area contributed by atoms with E-state index in [0.29, 0.717) is 26.3 Å². The van der Waals surface area contributed by atoms with Crippen molar-refractivity contribution >= 4 is 11.8 Å². The van der Waals surface area contributed by atoms with Crippen LogP contribution in [0.25, 0.3) is 0 Å². The third-order valence-corrected chi connectivity index (χ3v) is 5.53. The molecule has 2 saturated heterocycles. The molecular formula is C18H30N2O4. The maximum absolute atomic E-state index is 12.8. The number of carbonyl (C=O) groups is 2. The van der Waals surface area contributed by atoms with Crippen molar-refractivity contribution in [3.63, 3.8) is 0 Å². The van der Waals surface area contributed by atoms with E-state index in [9.17, 15) is 9.59 Å². The molecular weight excluding hydrogens is 308 g/mol. The summed E-state index contributed by atoms with van der Waals surface area (Å²) in [6.07, 6.45) is 4.82. The highest BCUT2D eigenvalue weighted by atomic mass is 16.7. The van der Waals surface area contributed by atoms with Crippen molar-refractivity contribution in [2.75, 3.05) is 26.3 Å². The summed E-state index contributed by atoms with van der Waals surface area (Å²) in [5.74, 6) is 0.120. The second-order valence-electron chi connectivity index (χ2n) is 7.64. The Morgan fingerprint density at radius 3 is 2.08 bits per heavy atom. The number of piperidine rings is 1. The second-order valence-corrected chi connectivity index (χ2v) is 7.64. The van der Waals surface area contributed by atoms with Crippen molar-refractivity contribution < 1.29 is 19.1 Å². The van der Waals surface area contributed by atoms with E-state index in [1.165, 1.54) is 0 Å². The lowest BCUT2D eigenvalue weighted by Crippen LogP contribution is -2.49. The molecule has 1 aliphatic carbocycles. The van der Waals surface area contributed by atoms with Gasteiger partial charge >= 0.3 is 0 Å². The minimum absolute atomic E-state index is 0.0707. The number of hydrogen-bond acceptors (Lipinski definition) is 4. The van der Waals surface area contributed by atoms with Gasteiger partial charge in [0.15, 0.2) is 5.79 Å². The molecule has 3 rings (SSSR count). The van der Waals surface area contributed by atoms with Crippen molar-refractivity contribution in [1.82, 2.24) is 10.2 Å². The highest BCUT2D eigenvalue weighted by Gasteiger charge is 2.42. The number of likely N-dealkylation sites (tertiary alicyclic amines) is 1. The van der Waals surface area contributed by atoms with Crippen molar-refractivity contribution in [3.05, 3.63) is 0 Å². The van der Waals surface area contributed by atoms with Gasteiger partial charge in [0.25, 0.3) is 0 Å². The molecule has 1 N–H and O–H groups in total. The van der Waals surface area contributed by atoms with E-state index < -0.39 is 5.79 Å². The normalized spacial score (nSPS) is 29.9.